The quantitative estimate of drug-likeness (QED) is 0.236. The zero-order valence-corrected chi connectivity index (χ0v) is 19.3. The number of aromatic nitrogens is 4. The summed E-state index contributed by atoms with van der Waals surface area (Å²) in [5, 5.41) is 5.61. The molecule has 8 nitrogen and oxygen atoms in total. The number of fused-ring (bicyclic) bond motifs is 1. The Labute approximate surface area is 213 Å². The maximum atomic E-state index is 13.4. The molecule has 11 heteroatoms. The van der Waals surface area contributed by atoms with Gasteiger partial charge in [0.15, 0.2) is 0 Å². The Kier molecular flexibility index (Phi) is 6.18. The van der Waals surface area contributed by atoms with Crippen LogP contribution in [0.5, 0.6) is 11.5 Å². The molecule has 37 heavy (non-hydrogen) atoms. The van der Waals surface area contributed by atoms with E-state index in [4.69, 9.17) is 4.74 Å². The molecule has 0 saturated carbocycles. The number of nitrogens with one attached hydrogen (secondary N) is 3. The van der Waals surface area contributed by atoms with Crippen LogP contribution in [0.3, 0.4) is 0 Å². The normalized spacial score (nSPS) is 11.4. The van der Waals surface area contributed by atoms with E-state index in [1.54, 1.807) is 48.5 Å². The van der Waals surface area contributed by atoms with Crippen molar-refractivity contribution in [1.82, 2.24) is 25.3 Å². The summed E-state index contributed by atoms with van der Waals surface area (Å²) in [6.07, 6.45) is -0.894. The van der Waals surface area contributed by atoms with Gasteiger partial charge in [0.2, 0.25) is 5.95 Å². The van der Waals surface area contributed by atoms with E-state index in [1.165, 1.54) is 31.6 Å². The van der Waals surface area contributed by atoms with E-state index in [-0.39, 0.29) is 21.4 Å². The van der Waals surface area contributed by atoms with Crippen LogP contribution in [0.2, 0.25) is 0 Å². The van der Waals surface area contributed by atoms with Crippen molar-refractivity contribution in [1.29, 1.82) is 0 Å². The fraction of sp³-hybridized carbons (Fsp3) is 0.0769. The Balaban J connectivity index is 0.00000187. The van der Waals surface area contributed by atoms with Gasteiger partial charge in [-0.15, -0.1) is 0 Å². The third-order valence-corrected chi connectivity index (χ3v) is 5.44. The monoisotopic (exact) mass is 510 g/mol. The molecule has 0 aliphatic rings. The molecule has 0 unspecified atom stereocenters. The number of amides is 1. The van der Waals surface area contributed by atoms with Crippen LogP contribution in [0.1, 0.15) is 20.3 Å². The van der Waals surface area contributed by atoms with E-state index in [2.05, 4.69) is 30.6 Å². The first-order chi connectivity index (χ1) is 17.8. The molecule has 3 N–H and O–H groups in total. The predicted octanol–water partition coefficient (Wildman–Crippen LogP) is 6.67. The van der Waals surface area contributed by atoms with Gasteiger partial charge in [-0.2, -0.15) is 13.2 Å². The summed E-state index contributed by atoms with van der Waals surface area (Å²) in [4.78, 5) is 27.1. The van der Waals surface area contributed by atoms with Crippen LogP contribution in [0.15, 0.2) is 79.3 Å². The number of hydrogen-bond donors (Lipinski definition) is 3. The Morgan fingerprint density at radius 3 is 2.68 bits per heavy atom. The zero-order chi connectivity index (χ0) is 26.0. The average molecular weight is 511 g/mol. The number of anilines is 2. The highest BCUT2D eigenvalue weighted by Crippen LogP contribution is 2.37. The lowest BCUT2D eigenvalue weighted by atomic mass is 10.0. The standard InChI is InChI=1S/C26H19F3N6O2.3H2/c1-30-24(36)23-13-18(7-10-32-23)37-17-5-6-21-22(12-17)35-25(34-21)33-16-4-2-3-15(11-16)19-8-9-31-14-20(19)26(27,28)29;;;/h2-14H,1H3,(H,30,36)(H2,33,34,35);3*1H. The Morgan fingerprint density at radius 1 is 1.03 bits per heavy atom. The predicted molar refractivity (Wildman–Crippen MR) is 138 cm³/mol. The molecule has 0 saturated heterocycles. The van der Waals surface area contributed by atoms with Gasteiger partial charge in [-0.25, -0.2) is 4.98 Å². The van der Waals surface area contributed by atoms with E-state index in [0.29, 0.717) is 39.7 Å². The number of imidazole rings is 1. The van der Waals surface area contributed by atoms with Crippen molar-refractivity contribution < 1.29 is 27.0 Å². The lowest BCUT2D eigenvalue weighted by Crippen LogP contribution is -2.18. The molecule has 0 spiro atoms. The van der Waals surface area contributed by atoms with Crippen LogP contribution in [-0.2, 0) is 6.18 Å². The second kappa shape index (κ2) is 9.61. The van der Waals surface area contributed by atoms with Crippen LogP contribution in [0, 0.1) is 0 Å². The number of alkyl halides is 3. The molecule has 3 aromatic heterocycles. The Hall–Kier alpha value is -4.93. The maximum Gasteiger partial charge on any atom is 0.418 e. The second-order valence-corrected chi connectivity index (χ2v) is 7.95. The second-order valence-electron chi connectivity index (χ2n) is 7.95. The van der Waals surface area contributed by atoms with Crippen LogP contribution in [0.4, 0.5) is 24.8 Å². The number of ether oxygens (including phenoxy) is 1. The van der Waals surface area contributed by atoms with Gasteiger partial charge in [0.05, 0.1) is 16.6 Å². The molecule has 0 radical (unpaired) electrons. The first-order valence-electron chi connectivity index (χ1n) is 11.0. The summed E-state index contributed by atoms with van der Waals surface area (Å²) >= 11 is 0. The highest BCUT2D eigenvalue weighted by Gasteiger charge is 2.34. The highest BCUT2D eigenvalue weighted by atomic mass is 19.4. The van der Waals surface area contributed by atoms with Gasteiger partial charge >= 0.3 is 6.18 Å². The molecule has 0 aliphatic heterocycles. The van der Waals surface area contributed by atoms with Gasteiger partial charge in [-0.3, -0.25) is 14.8 Å². The molecule has 5 rings (SSSR count). The van der Waals surface area contributed by atoms with Gasteiger partial charge in [0.25, 0.3) is 5.91 Å². The molecule has 192 valence electrons. The van der Waals surface area contributed by atoms with E-state index in [1.807, 2.05) is 0 Å². The Bertz CT molecular complexity index is 1610. The fourth-order valence-electron chi connectivity index (χ4n) is 3.75. The largest absolute Gasteiger partial charge is 0.457 e. The van der Waals surface area contributed by atoms with Gasteiger partial charge in [-0.1, -0.05) is 12.1 Å². The number of H-pyrrole nitrogens is 1. The molecule has 0 bridgehead atoms. The topological polar surface area (TPSA) is 105 Å². The van der Waals surface area contributed by atoms with Crippen molar-refractivity contribution in [2.24, 2.45) is 0 Å². The summed E-state index contributed by atoms with van der Waals surface area (Å²) in [6.45, 7) is 0. The minimum atomic E-state index is -4.52. The smallest absolute Gasteiger partial charge is 0.418 e. The number of carbonyl (C=O) groups excluding carboxylic acids is 1. The minimum absolute atomic E-state index is 0. The van der Waals surface area contributed by atoms with Gasteiger partial charge in [0.1, 0.15) is 17.2 Å². The molecule has 1 amide bonds. The van der Waals surface area contributed by atoms with E-state index in [9.17, 15) is 18.0 Å². The minimum Gasteiger partial charge on any atom is -0.457 e. The third-order valence-electron chi connectivity index (χ3n) is 5.44. The van der Waals surface area contributed by atoms with E-state index < -0.39 is 11.7 Å². The average Bonchev–Trinajstić information content (AvgIpc) is 3.29. The molecule has 2 aromatic carbocycles. The van der Waals surface area contributed by atoms with Crippen LogP contribution < -0.4 is 15.4 Å². The number of pyridine rings is 2. The molecule has 3 heterocycles. The van der Waals surface area contributed by atoms with Crippen LogP contribution in [0.25, 0.3) is 22.2 Å². The summed E-state index contributed by atoms with van der Waals surface area (Å²) in [7, 11) is 1.52. The summed E-state index contributed by atoms with van der Waals surface area (Å²) in [5.41, 5.74) is 1.72. The van der Waals surface area contributed by atoms with Crippen molar-refractivity contribution in [3.05, 3.63) is 90.5 Å². The van der Waals surface area contributed by atoms with Crippen molar-refractivity contribution in [2.45, 2.75) is 6.18 Å². The zero-order valence-electron chi connectivity index (χ0n) is 19.3. The highest BCUT2D eigenvalue weighted by molar-refractivity contribution is 5.92. The molecule has 0 fully saturated rings. The third kappa shape index (κ3) is 5.20. The molecule has 0 atom stereocenters. The molecular weight excluding hydrogens is 485 g/mol. The molecule has 0 aliphatic carbocycles. The van der Waals surface area contributed by atoms with Gasteiger partial charge in [-0.05, 0) is 47.5 Å². The Morgan fingerprint density at radius 2 is 1.86 bits per heavy atom. The molecular formula is C26H25F3N6O2. The lowest BCUT2D eigenvalue weighted by molar-refractivity contribution is -0.137. The number of carbonyl (C=O) groups is 1. The van der Waals surface area contributed by atoms with Gasteiger partial charge in [0, 0.05) is 47.7 Å². The van der Waals surface area contributed by atoms with Crippen molar-refractivity contribution in [3.8, 4) is 22.6 Å². The first kappa shape index (κ1) is 23.8. The number of hydrogen-bond acceptors (Lipinski definition) is 6. The van der Waals surface area contributed by atoms with Crippen LogP contribution in [-0.4, -0.2) is 32.9 Å². The van der Waals surface area contributed by atoms with Crippen molar-refractivity contribution >= 4 is 28.6 Å². The number of benzene rings is 2. The number of aromatic amines is 1. The maximum absolute atomic E-state index is 13.4. The molecule has 5 aromatic rings. The van der Waals surface area contributed by atoms with E-state index in [0.717, 1.165) is 6.20 Å². The van der Waals surface area contributed by atoms with Crippen molar-refractivity contribution in [2.75, 3.05) is 12.4 Å². The summed E-state index contributed by atoms with van der Waals surface area (Å²) < 4.78 is 46.2. The SMILES string of the molecule is CNC(=O)c1cc(Oc2ccc3nc(Nc4cccc(-c5ccncc5C(F)(F)F)c4)[nH]c3c2)ccn1.[HH].[HH].[HH]. The number of rotatable bonds is 6. The summed E-state index contributed by atoms with van der Waals surface area (Å²) in [6, 6.07) is 16.3. The number of nitrogens with zero attached hydrogens (tertiary/aromatic N) is 3. The lowest BCUT2D eigenvalue weighted by Gasteiger charge is -2.13. The summed E-state index contributed by atoms with van der Waals surface area (Å²) in [5.74, 6) is 1.03. The fourth-order valence-corrected chi connectivity index (χ4v) is 3.75. The van der Waals surface area contributed by atoms with Gasteiger partial charge < -0.3 is 20.4 Å². The number of halogens is 3. The first-order valence-corrected chi connectivity index (χ1v) is 11.0. The van der Waals surface area contributed by atoms with Crippen LogP contribution >= 0.6 is 0 Å². The van der Waals surface area contributed by atoms with Crippen molar-refractivity contribution in [3.63, 3.8) is 0 Å². The van der Waals surface area contributed by atoms with E-state index >= 15 is 0 Å².